The zero-order valence-corrected chi connectivity index (χ0v) is 13.9. The van der Waals surface area contributed by atoms with Crippen LogP contribution in [-0.4, -0.2) is 15.7 Å². The molecular formula is C17H13BrN2O3. The molecule has 0 amide bonds. The molecule has 116 valence electrons. The fraction of sp³-hybridized carbons (Fsp3) is 0.118. The van der Waals surface area contributed by atoms with Gasteiger partial charge in [0.2, 0.25) is 0 Å². The minimum Gasteiger partial charge on any atom is -0.456 e. The van der Waals surface area contributed by atoms with Crippen molar-refractivity contribution < 1.29 is 9.53 Å². The van der Waals surface area contributed by atoms with Crippen molar-refractivity contribution in [1.29, 1.82) is 0 Å². The zero-order valence-electron chi connectivity index (χ0n) is 12.3. The van der Waals surface area contributed by atoms with Gasteiger partial charge in [0.1, 0.15) is 6.61 Å². The van der Waals surface area contributed by atoms with Gasteiger partial charge in [-0.1, -0.05) is 52.3 Å². The molecule has 0 atom stereocenters. The van der Waals surface area contributed by atoms with E-state index in [4.69, 9.17) is 4.74 Å². The van der Waals surface area contributed by atoms with Crippen molar-refractivity contribution in [1.82, 2.24) is 9.78 Å². The van der Waals surface area contributed by atoms with Gasteiger partial charge >= 0.3 is 5.97 Å². The molecule has 0 unspecified atom stereocenters. The highest BCUT2D eigenvalue weighted by molar-refractivity contribution is 9.10. The molecule has 6 heteroatoms. The van der Waals surface area contributed by atoms with Crippen LogP contribution in [0.1, 0.15) is 16.1 Å². The van der Waals surface area contributed by atoms with Gasteiger partial charge in [-0.2, -0.15) is 5.10 Å². The normalized spacial score (nSPS) is 10.7. The standard InChI is InChI=1S/C17H13BrN2O3/c1-20-16(21)13-8-4-3-7-12(13)15(19-20)17(22)23-10-11-6-2-5-9-14(11)18/h2-9H,10H2,1H3. The number of ether oxygens (including phenoxy) is 1. The van der Waals surface area contributed by atoms with Crippen molar-refractivity contribution in [2.75, 3.05) is 0 Å². The van der Waals surface area contributed by atoms with E-state index in [0.29, 0.717) is 10.8 Å². The Bertz CT molecular complexity index is 950. The Kier molecular flexibility index (Phi) is 4.25. The maximum atomic E-state index is 12.4. The van der Waals surface area contributed by atoms with Gasteiger partial charge in [-0.25, -0.2) is 9.48 Å². The molecule has 0 radical (unpaired) electrons. The third-order valence-corrected chi connectivity index (χ3v) is 4.24. The summed E-state index contributed by atoms with van der Waals surface area (Å²) in [6.45, 7) is 0.124. The highest BCUT2D eigenvalue weighted by Gasteiger charge is 2.17. The molecular weight excluding hydrogens is 360 g/mol. The number of fused-ring (bicyclic) bond motifs is 1. The SMILES string of the molecule is Cn1nc(C(=O)OCc2ccccc2Br)c2ccccc2c1=O. The average Bonchev–Trinajstić information content (AvgIpc) is 2.57. The summed E-state index contributed by atoms with van der Waals surface area (Å²) in [4.78, 5) is 24.5. The van der Waals surface area contributed by atoms with Crippen molar-refractivity contribution in [3.05, 3.63) is 74.6 Å². The lowest BCUT2D eigenvalue weighted by Crippen LogP contribution is -2.23. The van der Waals surface area contributed by atoms with Crippen LogP contribution in [0.5, 0.6) is 0 Å². The first-order chi connectivity index (χ1) is 11.1. The maximum absolute atomic E-state index is 12.4. The summed E-state index contributed by atoms with van der Waals surface area (Å²) >= 11 is 3.41. The van der Waals surface area contributed by atoms with Crippen LogP contribution < -0.4 is 5.56 Å². The van der Waals surface area contributed by atoms with Gasteiger partial charge in [0.05, 0.1) is 5.39 Å². The number of hydrogen-bond acceptors (Lipinski definition) is 4. The number of benzene rings is 2. The molecule has 1 heterocycles. The minimum absolute atomic E-state index is 0.124. The van der Waals surface area contributed by atoms with Crippen LogP contribution in [0.2, 0.25) is 0 Å². The first kappa shape index (κ1) is 15.4. The van der Waals surface area contributed by atoms with E-state index in [1.807, 2.05) is 24.3 Å². The first-order valence-electron chi connectivity index (χ1n) is 6.94. The molecule has 23 heavy (non-hydrogen) atoms. The van der Waals surface area contributed by atoms with E-state index < -0.39 is 5.97 Å². The Hall–Kier alpha value is -2.47. The quantitative estimate of drug-likeness (QED) is 0.662. The van der Waals surface area contributed by atoms with E-state index >= 15 is 0 Å². The molecule has 0 aliphatic carbocycles. The van der Waals surface area contributed by atoms with E-state index in [1.54, 1.807) is 24.3 Å². The molecule has 0 saturated carbocycles. The Balaban J connectivity index is 1.94. The lowest BCUT2D eigenvalue weighted by molar-refractivity contribution is 0.0465. The predicted molar refractivity (Wildman–Crippen MR) is 90.2 cm³/mol. The topological polar surface area (TPSA) is 61.2 Å². The van der Waals surface area contributed by atoms with Gasteiger partial charge in [0, 0.05) is 22.5 Å². The summed E-state index contributed by atoms with van der Waals surface area (Å²) in [6.07, 6.45) is 0. The molecule has 3 aromatic rings. The monoisotopic (exact) mass is 372 g/mol. The second-order valence-electron chi connectivity index (χ2n) is 4.99. The molecule has 0 N–H and O–H groups in total. The van der Waals surface area contributed by atoms with Crippen molar-refractivity contribution in [3.63, 3.8) is 0 Å². The summed E-state index contributed by atoms with van der Waals surface area (Å²) in [5.41, 5.74) is 0.743. The summed E-state index contributed by atoms with van der Waals surface area (Å²) in [5.74, 6) is -0.562. The van der Waals surface area contributed by atoms with E-state index in [9.17, 15) is 9.59 Å². The summed E-state index contributed by atoms with van der Waals surface area (Å²) in [7, 11) is 1.51. The first-order valence-corrected chi connectivity index (χ1v) is 7.74. The fourth-order valence-corrected chi connectivity index (χ4v) is 2.68. The van der Waals surface area contributed by atoms with E-state index in [2.05, 4.69) is 21.0 Å². The van der Waals surface area contributed by atoms with E-state index in [1.165, 1.54) is 7.05 Å². The summed E-state index contributed by atoms with van der Waals surface area (Å²) in [6, 6.07) is 14.4. The molecule has 0 bridgehead atoms. The van der Waals surface area contributed by atoms with Crippen LogP contribution in [0.15, 0.2) is 57.8 Å². The van der Waals surface area contributed by atoms with Crippen LogP contribution in [0.25, 0.3) is 10.8 Å². The molecule has 0 fully saturated rings. The smallest absolute Gasteiger partial charge is 0.359 e. The number of nitrogens with zero attached hydrogens (tertiary/aromatic N) is 2. The second kappa shape index (κ2) is 6.34. The lowest BCUT2D eigenvalue weighted by Gasteiger charge is -2.09. The maximum Gasteiger partial charge on any atom is 0.359 e. The minimum atomic E-state index is -0.562. The van der Waals surface area contributed by atoms with Crippen molar-refractivity contribution in [2.24, 2.45) is 7.05 Å². The van der Waals surface area contributed by atoms with Crippen molar-refractivity contribution in [2.45, 2.75) is 6.61 Å². The molecule has 0 spiro atoms. The molecule has 3 rings (SSSR count). The molecule has 0 saturated heterocycles. The van der Waals surface area contributed by atoms with Crippen LogP contribution in [-0.2, 0) is 18.4 Å². The highest BCUT2D eigenvalue weighted by atomic mass is 79.9. The van der Waals surface area contributed by atoms with Crippen LogP contribution >= 0.6 is 15.9 Å². The molecule has 5 nitrogen and oxygen atoms in total. The third kappa shape index (κ3) is 3.03. The number of aryl methyl sites for hydroxylation is 1. The van der Waals surface area contributed by atoms with Gasteiger partial charge in [-0.15, -0.1) is 0 Å². The van der Waals surface area contributed by atoms with E-state index in [-0.39, 0.29) is 17.9 Å². The summed E-state index contributed by atoms with van der Waals surface area (Å²) in [5, 5.41) is 4.99. The third-order valence-electron chi connectivity index (χ3n) is 3.47. The number of carbonyl (C=O) groups is 1. The van der Waals surface area contributed by atoms with Gasteiger partial charge in [-0.05, 0) is 12.1 Å². The number of aromatic nitrogens is 2. The molecule has 0 aliphatic heterocycles. The number of esters is 1. The predicted octanol–water partition coefficient (Wildman–Crippen LogP) is 3.05. The number of halogens is 1. The Morgan fingerprint density at radius 3 is 2.52 bits per heavy atom. The van der Waals surface area contributed by atoms with Gasteiger partial charge < -0.3 is 4.74 Å². The summed E-state index contributed by atoms with van der Waals surface area (Å²) < 4.78 is 7.37. The van der Waals surface area contributed by atoms with Gasteiger partial charge in [0.15, 0.2) is 5.69 Å². The zero-order chi connectivity index (χ0) is 16.4. The number of rotatable bonds is 3. The Morgan fingerprint density at radius 2 is 1.78 bits per heavy atom. The van der Waals surface area contributed by atoms with Crippen molar-refractivity contribution >= 4 is 32.7 Å². The second-order valence-corrected chi connectivity index (χ2v) is 5.84. The highest BCUT2D eigenvalue weighted by Crippen LogP contribution is 2.18. The van der Waals surface area contributed by atoms with Gasteiger partial charge in [0.25, 0.3) is 5.56 Å². The lowest BCUT2D eigenvalue weighted by atomic mass is 10.1. The Labute approximate surface area is 140 Å². The van der Waals surface area contributed by atoms with Crippen LogP contribution in [0.4, 0.5) is 0 Å². The number of carbonyl (C=O) groups excluding carboxylic acids is 1. The largest absolute Gasteiger partial charge is 0.456 e. The van der Waals surface area contributed by atoms with Gasteiger partial charge in [-0.3, -0.25) is 4.79 Å². The number of hydrogen-bond donors (Lipinski definition) is 0. The van der Waals surface area contributed by atoms with Crippen LogP contribution in [0.3, 0.4) is 0 Å². The van der Waals surface area contributed by atoms with E-state index in [0.717, 1.165) is 14.7 Å². The van der Waals surface area contributed by atoms with Crippen molar-refractivity contribution in [3.8, 4) is 0 Å². The van der Waals surface area contributed by atoms with Crippen LogP contribution in [0, 0.1) is 0 Å². The molecule has 1 aromatic heterocycles. The average molecular weight is 373 g/mol. The fourth-order valence-electron chi connectivity index (χ4n) is 2.28. The Morgan fingerprint density at radius 1 is 1.13 bits per heavy atom. The molecule has 0 aliphatic rings. The molecule has 2 aromatic carbocycles.